The number of nitrogens with zero attached hydrogens (tertiary/aromatic N) is 2. The first kappa shape index (κ1) is 15.1. The molecule has 1 aromatic heterocycles. The van der Waals surface area contributed by atoms with E-state index in [0.717, 1.165) is 16.8 Å². The van der Waals surface area contributed by atoms with Crippen LogP contribution >= 0.6 is 11.6 Å². The first-order valence-electron chi connectivity index (χ1n) is 6.37. The predicted octanol–water partition coefficient (Wildman–Crippen LogP) is 2.26. The minimum absolute atomic E-state index is 0.159. The van der Waals surface area contributed by atoms with E-state index in [-0.39, 0.29) is 17.0 Å². The highest BCUT2D eigenvalue weighted by Gasteiger charge is 2.11. The molecule has 0 atom stereocenters. The number of pyridine rings is 1. The monoisotopic (exact) mass is 305 g/mol. The number of aromatic nitrogens is 1. The molecule has 0 amide bonds. The second kappa shape index (κ2) is 6.01. The van der Waals surface area contributed by atoms with Crippen LogP contribution in [0.1, 0.15) is 22.4 Å². The maximum absolute atomic E-state index is 12.4. The van der Waals surface area contributed by atoms with E-state index in [4.69, 9.17) is 22.5 Å². The quantitative estimate of drug-likeness (QED) is 0.395. The molecule has 0 aliphatic heterocycles. The molecule has 0 saturated heterocycles. The number of halogens is 1. The van der Waals surface area contributed by atoms with Crippen molar-refractivity contribution in [3.05, 3.63) is 68.1 Å². The first-order chi connectivity index (χ1) is 9.93. The van der Waals surface area contributed by atoms with Gasteiger partial charge in [-0.25, -0.2) is 0 Å². The van der Waals surface area contributed by atoms with Crippen molar-refractivity contribution in [2.75, 3.05) is 0 Å². The van der Waals surface area contributed by atoms with Crippen LogP contribution in [0.2, 0.25) is 5.02 Å². The number of hydrogen-bond acceptors (Lipinski definition) is 3. The van der Waals surface area contributed by atoms with Gasteiger partial charge in [-0.1, -0.05) is 28.9 Å². The number of rotatable bonds is 3. The molecule has 0 aliphatic rings. The normalized spacial score (nSPS) is 11.7. The van der Waals surface area contributed by atoms with Crippen molar-refractivity contribution in [2.24, 2.45) is 10.9 Å². The van der Waals surface area contributed by atoms with E-state index >= 15 is 0 Å². The summed E-state index contributed by atoms with van der Waals surface area (Å²) in [6, 6.07) is 8.97. The van der Waals surface area contributed by atoms with Crippen molar-refractivity contribution in [2.45, 2.75) is 20.4 Å². The Labute approximate surface area is 127 Å². The number of benzene rings is 1. The van der Waals surface area contributed by atoms with Crippen molar-refractivity contribution < 1.29 is 5.21 Å². The highest BCUT2D eigenvalue weighted by atomic mass is 35.5. The number of hydrogen-bond donors (Lipinski definition) is 2. The van der Waals surface area contributed by atoms with Crippen LogP contribution in [0, 0.1) is 13.8 Å². The van der Waals surface area contributed by atoms with Gasteiger partial charge in [0.15, 0.2) is 5.84 Å². The van der Waals surface area contributed by atoms with Crippen LogP contribution in [0.4, 0.5) is 0 Å². The van der Waals surface area contributed by atoms with Crippen molar-refractivity contribution in [3.63, 3.8) is 0 Å². The molecule has 0 saturated carbocycles. The molecule has 0 bridgehead atoms. The van der Waals surface area contributed by atoms with Gasteiger partial charge in [0.05, 0.1) is 12.1 Å². The average molecular weight is 306 g/mol. The summed E-state index contributed by atoms with van der Waals surface area (Å²) in [6.07, 6.45) is 0. The maximum atomic E-state index is 12.4. The van der Waals surface area contributed by atoms with Crippen molar-refractivity contribution >= 4 is 17.4 Å². The van der Waals surface area contributed by atoms with Gasteiger partial charge in [-0.3, -0.25) is 4.79 Å². The van der Waals surface area contributed by atoms with Crippen LogP contribution in [0.5, 0.6) is 0 Å². The van der Waals surface area contributed by atoms with E-state index < -0.39 is 0 Å². The molecule has 3 N–H and O–H groups in total. The van der Waals surface area contributed by atoms with Crippen LogP contribution in [0.15, 0.2) is 40.3 Å². The minimum atomic E-state index is -0.318. The zero-order valence-electron chi connectivity index (χ0n) is 11.8. The molecule has 0 unspecified atom stereocenters. The average Bonchev–Trinajstić information content (AvgIpc) is 2.44. The Hall–Kier alpha value is -2.27. The van der Waals surface area contributed by atoms with Gasteiger partial charge in [-0.15, -0.1) is 0 Å². The van der Waals surface area contributed by atoms with Gasteiger partial charge < -0.3 is 15.5 Å². The fourth-order valence-corrected chi connectivity index (χ4v) is 2.36. The molecule has 110 valence electrons. The molecule has 0 fully saturated rings. The van der Waals surface area contributed by atoms with E-state index in [1.165, 1.54) is 0 Å². The van der Waals surface area contributed by atoms with E-state index in [1.54, 1.807) is 16.7 Å². The number of amidine groups is 1. The van der Waals surface area contributed by atoms with Crippen molar-refractivity contribution in [3.8, 4) is 0 Å². The SMILES string of the molecule is Cc1ccc(Cn2c(C)ccc(/C(N)=N/O)c2=O)c(Cl)c1. The lowest BCUT2D eigenvalue weighted by Gasteiger charge is -2.13. The molecule has 0 spiro atoms. The van der Waals surface area contributed by atoms with E-state index in [9.17, 15) is 4.79 Å². The van der Waals surface area contributed by atoms with Crippen LogP contribution in [-0.2, 0) is 6.54 Å². The highest BCUT2D eigenvalue weighted by Crippen LogP contribution is 2.18. The van der Waals surface area contributed by atoms with Gasteiger partial charge in [-0.05, 0) is 43.2 Å². The van der Waals surface area contributed by atoms with Crippen LogP contribution in [-0.4, -0.2) is 15.6 Å². The largest absolute Gasteiger partial charge is 0.409 e. The van der Waals surface area contributed by atoms with E-state index in [2.05, 4.69) is 5.16 Å². The molecule has 1 heterocycles. The fraction of sp³-hybridized carbons (Fsp3) is 0.200. The molecular formula is C15H16ClN3O2. The summed E-state index contributed by atoms with van der Waals surface area (Å²) in [5.74, 6) is -0.205. The molecule has 2 rings (SSSR count). The highest BCUT2D eigenvalue weighted by molar-refractivity contribution is 6.31. The van der Waals surface area contributed by atoms with Gasteiger partial charge in [0.2, 0.25) is 0 Å². The lowest BCUT2D eigenvalue weighted by Crippen LogP contribution is -2.31. The molecule has 0 radical (unpaired) electrons. The van der Waals surface area contributed by atoms with E-state index in [1.807, 2.05) is 32.0 Å². The molecular weight excluding hydrogens is 290 g/mol. The molecule has 6 heteroatoms. The van der Waals surface area contributed by atoms with Gasteiger partial charge in [0, 0.05) is 10.7 Å². The Morgan fingerprint density at radius 3 is 2.67 bits per heavy atom. The Morgan fingerprint density at radius 2 is 2.05 bits per heavy atom. The Morgan fingerprint density at radius 1 is 1.33 bits per heavy atom. The predicted molar refractivity (Wildman–Crippen MR) is 83.2 cm³/mol. The van der Waals surface area contributed by atoms with Gasteiger partial charge in [0.1, 0.15) is 0 Å². The van der Waals surface area contributed by atoms with Crippen LogP contribution < -0.4 is 11.3 Å². The van der Waals surface area contributed by atoms with E-state index in [0.29, 0.717) is 11.6 Å². The minimum Gasteiger partial charge on any atom is -0.409 e. The zero-order chi connectivity index (χ0) is 15.6. The number of aryl methyl sites for hydroxylation is 2. The number of oxime groups is 1. The zero-order valence-corrected chi connectivity index (χ0v) is 12.6. The summed E-state index contributed by atoms with van der Waals surface area (Å²) in [5.41, 5.74) is 8.02. The third kappa shape index (κ3) is 3.08. The van der Waals surface area contributed by atoms with Gasteiger partial charge >= 0.3 is 0 Å². The third-order valence-corrected chi connectivity index (χ3v) is 3.67. The molecule has 5 nitrogen and oxygen atoms in total. The number of nitrogens with two attached hydrogens (primary N) is 1. The molecule has 0 aliphatic carbocycles. The molecule has 2 aromatic rings. The summed E-state index contributed by atoms with van der Waals surface area (Å²) in [4.78, 5) is 12.4. The van der Waals surface area contributed by atoms with Gasteiger partial charge in [0.25, 0.3) is 5.56 Å². The van der Waals surface area contributed by atoms with Crippen molar-refractivity contribution in [1.29, 1.82) is 0 Å². The topological polar surface area (TPSA) is 80.6 Å². The van der Waals surface area contributed by atoms with Crippen LogP contribution in [0.25, 0.3) is 0 Å². The lowest BCUT2D eigenvalue weighted by atomic mass is 10.1. The summed E-state index contributed by atoms with van der Waals surface area (Å²) in [5, 5.41) is 12.2. The summed E-state index contributed by atoms with van der Waals surface area (Å²) >= 11 is 6.21. The Balaban J connectivity index is 2.51. The van der Waals surface area contributed by atoms with Crippen molar-refractivity contribution in [1.82, 2.24) is 4.57 Å². The standard InChI is InChI=1S/C15H16ClN3O2/c1-9-3-5-11(13(16)7-9)8-19-10(2)4-6-12(15(19)20)14(17)18-21/h3-7,21H,8H2,1-2H3,(H2,17,18). The molecule has 21 heavy (non-hydrogen) atoms. The van der Waals surface area contributed by atoms with Gasteiger partial charge in [-0.2, -0.15) is 0 Å². The summed E-state index contributed by atoms with van der Waals surface area (Å²) in [7, 11) is 0. The Kier molecular flexibility index (Phi) is 4.33. The molecule has 1 aromatic carbocycles. The summed E-state index contributed by atoms with van der Waals surface area (Å²) in [6.45, 7) is 4.10. The lowest BCUT2D eigenvalue weighted by molar-refractivity contribution is 0.318. The fourth-order valence-electron chi connectivity index (χ4n) is 2.07. The second-order valence-corrected chi connectivity index (χ2v) is 5.27. The smallest absolute Gasteiger partial charge is 0.262 e. The second-order valence-electron chi connectivity index (χ2n) is 4.86. The first-order valence-corrected chi connectivity index (χ1v) is 6.75. The summed E-state index contributed by atoms with van der Waals surface area (Å²) < 4.78 is 1.55. The third-order valence-electron chi connectivity index (χ3n) is 3.31. The maximum Gasteiger partial charge on any atom is 0.262 e. The Bertz CT molecular complexity index is 766. The van der Waals surface area contributed by atoms with Crippen LogP contribution in [0.3, 0.4) is 0 Å².